The molecule has 0 aliphatic carbocycles. The maximum absolute atomic E-state index is 12.3. The van der Waals surface area contributed by atoms with E-state index in [1.54, 1.807) is 6.92 Å². The number of hydrogen-bond donors (Lipinski definition) is 0. The highest BCUT2D eigenvalue weighted by atomic mass is 19.4. The van der Waals surface area contributed by atoms with Gasteiger partial charge in [-0.3, -0.25) is 4.79 Å². The minimum Gasteiger partial charge on any atom is -0.366 e. The van der Waals surface area contributed by atoms with Gasteiger partial charge in [0.15, 0.2) is 5.78 Å². The Labute approximate surface area is 97.4 Å². The molecule has 0 aliphatic rings. The van der Waals surface area contributed by atoms with E-state index in [-0.39, 0.29) is 5.78 Å². The zero-order chi connectivity index (χ0) is 13.1. The highest BCUT2D eigenvalue weighted by molar-refractivity contribution is 5.81. The van der Waals surface area contributed by atoms with Crippen molar-refractivity contribution >= 4 is 5.78 Å². The molecule has 0 bridgehead atoms. The second kappa shape index (κ2) is 5.31. The van der Waals surface area contributed by atoms with E-state index in [1.807, 2.05) is 0 Å². The van der Waals surface area contributed by atoms with Crippen molar-refractivity contribution in [1.82, 2.24) is 0 Å². The van der Waals surface area contributed by atoms with Gasteiger partial charge in [0.25, 0.3) is 0 Å². The van der Waals surface area contributed by atoms with Crippen LogP contribution in [-0.4, -0.2) is 12.4 Å². The van der Waals surface area contributed by atoms with Gasteiger partial charge in [-0.05, 0) is 31.5 Å². The topological polar surface area (TPSA) is 26.3 Å². The molecule has 17 heavy (non-hydrogen) atoms. The van der Waals surface area contributed by atoms with Gasteiger partial charge in [-0.1, -0.05) is 12.1 Å². The van der Waals surface area contributed by atoms with Crippen LogP contribution in [0.1, 0.15) is 31.1 Å². The van der Waals surface area contributed by atoms with E-state index in [9.17, 15) is 18.0 Å². The van der Waals surface area contributed by atoms with Crippen molar-refractivity contribution in [1.29, 1.82) is 0 Å². The summed E-state index contributed by atoms with van der Waals surface area (Å²) in [6, 6.07) is 4.43. The Hall–Kier alpha value is -1.36. The smallest absolute Gasteiger partial charge is 0.366 e. The molecule has 0 N–H and O–H groups in total. The van der Waals surface area contributed by atoms with Crippen molar-refractivity contribution in [3.8, 4) is 0 Å². The number of ketones is 1. The van der Waals surface area contributed by atoms with Crippen LogP contribution in [0.15, 0.2) is 24.3 Å². The van der Waals surface area contributed by atoms with Crippen LogP contribution in [0.5, 0.6) is 0 Å². The lowest BCUT2D eigenvalue weighted by molar-refractivity contribution is -0.137. The average Bonchev–Trinajstić information content (AvgIpc) is 2.24. The van der Waals surface area contributed by atoms with E-state index in [2.05, 4.69) is 0 Å². The number of halogens is 3. The third-order valence-corrected chi connectivity index (χ3v) is 2.24. The summed E-state index contributed by atoms with van der Waals surface area (Å²) in [5, 5.41) is 0. The third-order valence-electron chi connectivity index (χ3n) is 2.24. The monoisotopic (exact) mass is 246 g/mol. The number of alkyl halides is 3. The second-order valence-electron chi connectivity index (χ2n) is 3.57. The molecule has 0 heterocycles. The molecule has 94 valence electrons. The molecule has 0 fully saturated rings. The third kappa shape index (κ3) is 3.56. The molecule has 0 saturated carbocycles. The van der Waals surface area contributed by atoms with Gasteiger partial charge < -0.3 is 4.74 Å². The first-order chi connectivity index (χ1) is 7.86. The Kier molecular flexibility index (Phi) is 4.28. The number of ether oxygens (including phenoxy) is 1. The highest BCUT2D eigenvalue weighted by Gasteiger charge is 2.30. The van der Waals surface area contributed by atoms with Gasteiger partial charge in [-0.25, -0.2) is 0 Å². The fourth-order valence-corrected chi connectivity index (χ4v) is 1.46. The molecule has 0 aliphatic heterocycles. The number of carbonyl (C=O) groups excluding carboxylic acids is 1. The molecule has 1 aromatic carbocycles. The lowest BCUT2D eigenvalue weighted by Crippen LogP contribution is -2.13. The fraction of sp³-hybridized carbons (Fsp3) is 0.417. The molecule has 2 nitrogen and oxygen atoms in total. The van der Waals surface area contributed by atoms with Crippen molar-refractivity contribution in [3.05, 3.63) is 35.4 Å². The normalized spacial score (nSPS) is 13.5. The lowest BCUT2D eigenvalue weighted by atomic mass is 10.0. The molecule has 1 atom stereocenters. The Morgan fingerprint density at radius 3 is 2.18 bits per heavy atom. The molecule has 1 rings (SSSR count). The largest absolute Gasteiger partial charge is 0.416 e. The van der Waals surface area contributed by atoms with E-state index >= 15 is 0 Å². The average molecular weight is 246 g/mol. The van der Waals surface area contributed by atoms with Crippen LogP contribution in [0.25, 0.3) is 0 Å². The molecule has 0 saturated heterocycles. The predicted molar refractivity (Wildman–Crippen MR) is 56.5 cm³/mol. The van der Waals surface area contributed by atoms with E-state index in [0.717, 1.165) is 12.1 Å². The molecule has 1 aromatic rings. The number of hydrogen-bond acceptors (Lipinski definition) is 2. The zero-order valence-electron chi connectivity index (χ0n) is 9.54. The number of Topliss-reactive ketones (excluding diaryl/α,β-unsaturated/α-hetero) is 1. The van der Waals surface area contributed by atoms with E-state index < -0.39 is 17.8 Å². The first-order valence-corrected chi connectivity index (χ1v) is 5.15. The maximum atomic E-state index is 12.3. The van der Waals surface area contributed by atoms with Crippen molar-refractivity contribution in [2.24, 2.45) is 0 Å². The first kappa shape index (κ1) is 13.7. The van der Waals surface area contributed by atoms with Crippen LogP contribution in [0, 0.1) is 0 Å². The van der Waals surface area contributed by atoms with Crippen molar-refractivity contribution < 1.29 is 22.7 Å². The van der Waals surface area contributed by atoms with Gasteiger partial charge in [-0.15, -0.1) is 0 Å². The van der Waals surface area contributed by atoms with Gasteiger partial charge in [0.05, 0.1) is 5.56 Å². The minimum absolute atomic E-state index is 0.230. The summed E-state index contributed by atoms with van der Waals surface area (Å²) in [4.78, 5) is 11.3. The second-order valence-corrected chi connectivity index (χ2v) is 3.57. The molecule has 5 heteroatoms. The van der Waals surface area contributed by atoms with Crippen LogP contribution in [-0.2, 0) is 15.7 Å². The number of benzene rings is 1. The molecule has 0 aromatic heterocycles. The zero-order valence-corrected chi connectivity index (χ0v) is 9.54. The van der Waals surface area contributed by atoms with Crippen LogP contribution >= 0.6 is 0 Å². The van der Waals surface area contributed by atoms with Gasteiger partial charge in [-0.2, -0.15) is 13.2 Å². The van der Waals surface area contributed by atoms with Crippen LogP contribution in [0.3, 0.4) is 0 Å². The summed E-state index contributed by atoms with van der Waals surface area (Å²) in [5.74, 6) is -0.230. The fourth-order valence-electron chi connectivity index (χ4n) is 1.46. The summed E-state index contributed by atoms with van der Waals surface area (Å²) >= 11 is 0. The first-order valence-electron chi connectivity index (χ1n) is 5.15. The summed E-state index contributed by atoms with van der Waals surface area (Å²) in [6.45, 7) is 3.39. The molecule has 0 spiro atoms. The van der Waals surface area contributed by atoms with Crippen LogP contribution in [0.2, 0.25) is 0 Å². The summed E-state index contributed by atoms with van der Waals surface area (Å²) in [5.41, 5.74) is -0.299. The van der Waals surface area contributed by atoms with Crippen LogP contribution in [0.4, 0.5) is 13.2 Å². The van der Waals surface area contributed by atoms with Gasteiger partial charge in [0.2, 0.25) is 0 Å². The van der Waals surface area contributed by atoms with Crippen molar-refractivity contribution in [3.63, 3.8) is 0 Å². The number of carbonyl (C=O) groups is 1. The molecule has 1 unspecified atom stereocenters. The molecular weight excluding hydrogens is 233 g/mol. The predicted octanol–water partition coefficient (Wildman–Crippen LogP) is 3.37. The standard InChI is InChI=1S/C12H13F3O2/c1-3-17-11(8(2)16)9-4-6-10(7-5-9)12(13,14)15/h4-7,11H,3H2,1-2H3. The lowest BCUT2D eigenvalue weighted by Gasteiger charge is -2.15. The Bertz CT molecular complexity index is 382. The van der Waals surface area contributed by atoms with E-state index in [1.165, 1.54) is 19.1 Å². The van der Waals surface area contributed by atoms with Gasteiger partial charge in [0.1, 0.15) is 6.10 Å². The Morgan fingerprint density at radius 2 is 1.82 bits per heavy atom. The SMILES string of the molecule is CCOC(C(C)=O)c1ccc(C(F)(F)F)cc1. The number of rotatable bonds is 4. The summed E-state index contributed by atoms with van der Waals surface area (Å²) < 4.78 is 42.2. The van der Waals surface area contributed by atoms with Crippen molar-refractivity contribution in [2.45, 2.75) is 26.1 Å². The summed E-state index contributed by atoms with van der Waals surface area (Å²) in [6.07, 6.45) is -5.15. The van der Waals surface area contributed by atoms with Crippen molar-refractivity contribution in [2.75, 3.05) is 6.61 Å². The van der Waals surface area contributed by atoms with Gasteiger partial charge in [0, 0.05) is 6.61 Å². The van der Waals surface area contributed by atoms with Gasteiger partial charge >= 0.3 is 6.18 Å². The maximum Gasteiger partial charge on any atom is 0.416 e. The highest BCUT2D eigenvalue weighted by Crippen LogP contribution is 2.30. The minimum atomic E-state index is -4.37. The molecular formula is C12H13F3O2. The van der Waals surface area contributed by atoms with E-state index in [0.29, 0.717) is 12.2 Å². The Morgan fingerprint density at radius 1 is 1.29 bits per heavy atom. The van der Waals surface area contributed by atoms with Crippen LogP contribution < -0.4 is 0 Å². The summed E-state index contributed by atoms with van der Waals surface area (Å²) in [7, 11) is 0. The molecule has 0 amide bonds. The molecule has 0 radical (unpaired) electrons. The Balaban J connectivity index is 2.96. The van der Waals surface area contributed by atoms with E-state index in [4.69, 9.17) is 4.74 Å². The quantitative estimate of drug-likeness (QED) is 0.814.